The van der Waals surface area contributed by atoms with Gasteiger partial charge in [-0.2, -0.15) is 5.10 Å². The number of hydrogen-bond acceptors (Lipinski definition) is 4. The Morgan fingerprint density at radius 1 is 1.29 bits per heavy atom. The number of aromatic nitrogens is 3. The van der Waals surface area contributed by atoms with E-state index in [-0.39, 0.29) is 5.78 Å². The molecule has 0 aliphatic heterocycles. The first-order chi connectivity index (χ1) is 9.88. The molecular weight excluding hydrogens is 332 g/mol. The molecule has 2 aromatic rings. The lowest BCUT2D eigenvalue weighted by Gasteiger charge is -2.12. The third kappa shape index (κ3) is 3.77. The minimum atomic E-state index is -0.0354. The summed E-state index contributed by atoms with van der Waals surface area (Å²) in [6, 6.07) is 3.62. The van der Waals surface area contributed by atoms with Gasteiger partial charge in [-0.15, -0.1) is 0 Å². The summed E-state index contributed by atoms with van der Waals surface area (Å²) < 4.78 is 2.47. The van der Waals surface area contributed by atoms with Gasteiger partial charge in [-0.25, -0.2) is 0 Å². The Labute approximate surface area is 133 Å². The van der Waals surface area contributed by atoms with E-state index in [0.29, 0.717) is 17.8 Å². The lowest BCUT2D eigenvalue weighted by atomic mass is 10.1. The molecule has 0 unspecified atom stereocenters. The van der Waals surface area contributed by atoms with Crippen LogP contribution in [-0.2, 0) is 6.54 Å². The molecule has 2 rings (SSSR count). The van der Waals surface area contributed by atoms with Crippen LogP contribution < -0.4 is 0 Å². The highest BCUT2D eigenvalue weighted by molar-refractivity contribution is 9.10. The van der Waals surface area contributed by atoms with Crippen LogP contribution in [0.15, 0.2) is 22.8 Å². The smallest absolute Gasteiger partial charge is 0.212 e. The van der Waals surface area contributed by atoms with Crippen molar-refractivity contribution >= 4 is 21.7 Å². The third-order valence-electron chi connectivity index (χ3n) is 3.11. The van der Waals surface area contributed by atoms with Gasteiger partial charge in [-0.1, -0.05) is 0 Å². The molecule has 0 N–H and O–H groups in total. The molecule has 0 saturated heterocycles. The molecule has 6 heteroatoms. The van der Waals surface area contributed by atoms with E-state index in [1.807, 2.05) is 40.1 Å². The number of rotatable bonds is 5. The Balaban J connectivity index is 2.36. The molecule has 112 valence electrons. The second kappa shape index (κ2) is 6.49. The van der Waals surface area contributed by atoms with Crippen LogP contribution in [0.4, 0.5) is 0 Å². The topological polar surface area (TPSA) is 51.0 Å². The van der Waals surface area contributed by atoms with E-state index in [2.05, 4.69) is 30.9 Å². The summed E-state index contributed by atoms with van der Waals surface area (Å²) >= 11 is 3.43. The normalized spacial score (nSPS) is 11.1. The fraction of sp³-hybridized carbons (Fsp3) is 0.400. The molecule has 0 radical (unpaired) electrons. The van der Waals surface area contributed by atoms with Crippen molar-refractivity contribution in [2.45, 2.75) is 20.4 Å². The van der Waals surface area contributed by atoms with Crippen molar-refractivity contribution in [3.63, 3.8) is 0 Å². The Morgan fingerprint density at radius 3 is 2.48 bits per heavy atom. The second-order valence-corrected chi connectivity index (χ2v) is 6.19. The molecule has 0 aromatic carbocycles. The molecule has 0 fully saturated rings. The van der Waals surface area contributed by atoms with E-state index in [9.17, 15) is 4.79 Å². The maximum absolute atomic E-state index is 12.8. The zero-order chi connectivity index (χ0) is 15.6. The number of nitrogens with zero attached hydrogens (tertiary/aromatic N) is 4. The predicted molar refractivity (Wildman–Crippen MR) is 85.6 cm³/mol. The molecule has 2 aromatic heterocycles. The molecule has 0 aliphatic rings. The van der Waals surface area contributed by atoms with Crippen molar-refractivity contribution in [1.82, 2.24) is 19.7 Å². The molecule has 0 aliphatic carbocycles. The van der Waals surface area contributed by atoms with E-state index in [4.69, 9.17) is 0 Å². The van der Waals surface area contributed by atoms with Gasteiger partial charge in [0, 0.05) is 23.5 Å². The number of aryl methyl sites for hydroxylation is 2. The van der Waals surface area contributed by atoms with Crippen molar-refractivity contribution in [1.29, 1.82) is 0 Å². The van der Waals surface area contributed by atoms with Crippen LogP contribution in [0.2, 0.25) is 0 Å². The Hall–Kier alpha value is -1.53. The Bertz CT molecular complexity index is 643. The second-order valence-electron chi connectivity index (χ2n) is 5.34. The van der Waals surface area contributed by atoms with Gasteiger partial charge in [-0.3, -0.25) is 14.5 Å². The number of halogens is 1. The van der Waals surface area contributed by atoms with Gasteiger partial charge in [0.25, 0.3) is 0 Å². The van der Waals surface area contributed by atoms with Crippen molar-refractivity contribution < 1.29 is 4.79 Å². The van der Waals surface area contributed by atoms with Gasteiger partial charge in [0.2, 0.25) is 5.78 Å². The average molecular weight is 351 g/mol. The van der Waals surface area contributed by atoms with E-state index in [1.165, 1.54) is 0 Å². The van der Waals surface area contributed by atoms with Crippen LogP contribution in [0.5, 0.6) is 0 Å². The van der Waals surface area contributed by atoms with E-state index in [0.717, 1.165) is 22.4 Å². The summed E-state index contributed by atoms with van der Waals surface area (Å²) in [5.41, 5.74) is 2.91. The lowest BCUT2D eigenvalue weighted by Crippen LogP contribution is -2.22. The number of hydrogen-bond donors (Lipinski definition) is 0. The van der Waals surface area contributed by atoms with Crippen molar-refractivity contribution in [2.75, 3.05) is 20.6 Å². The van der Waals surface area contributed by atoms with Gasteiger partial charge in [-0.05, 0) is 56.0 Å². The highest BCUT2D eigenvalue weighted by Gasteiger charge is 2.19. The van der Waals surface area contributed by atoms with Crippen molar-refractivity contribution in [2.24, 2.45) is 0 Å². The first-order valence-corrected chi connectivity index (χ1v) is 7.54. The highest BCUT2D eigenvalue weighted by atomic mass is 79.9. The van der Waals surface area contributed by atoms with Gasteiger partial charge >= 0.3 is 0 Å². The molecule has 0 amide bonds. The summed E-state index contributed by atoms with van der Waals surface area (Å²) in [7, 11) is 3.99. The van der Waals surface area contributed by atoms with Crippen LogP contribution in [0.1, 0.15) is 27.4 Å². The van der Waals surface area contributed by atoms with E-state index < -0.39 is 0 Å². The summed E-state index contributed by atoms with van der Waals surface area (Å²) in [6.07, 6.45) is 1.67. The minimum Gasteiger partial charge on any atom is -0.308 e. The number of carbonyl (C=O) groups is 1. The van der Waals surface area contributed by atoms with Gasteiger partial charge in [0.15, 0.2) is 0 Å². The molecule has 0 atom stereocenters. The number of ketones is 1. The lowest BCUT2D eigenvalue weighted by molar-refractivity contribution is 0.102. The van der Waals surface area contributed by atoms with Gasteiger partial charge < -0.3 is 4.90 Å². The number of likely N-dealkylation sites (N-methyl/N-ethyl adjacent to an activating group) is 1. The minimum absolute atomic E-state index is 0.0354. The van der Waals surface area contributed by atoms with Gasteiger partial charge in [0.05, 0.1) is 17.2 Å². The third-order valence-corrected chi connectivity index (χ3v) is 3.69. The molecule has 21 heavy (non-hydrogen) atoms. The number of carbonyl (C=O) groups excluding carboxylic acids is 1. The van der Waals surface area contributed by atoms with Crippen LogP contribution >= 0.6 is 15.9 Å². The monoisotopic (exact) mass is 350 g/mol. The first kappa shape index (κ1) is 15.9. The summed E-state index contributed by atoms with van der Waals surface area (Å²) in [4.78, 5) is 19.1. The van der Waals surface area contributed by atoms with Crippen LogP contribution in [-0.4, -0.2) is 46.1 Å². The molecule has 5 nitrogen and oxygen atoms in total. The van der Waals surface area contributed by atoms with Crippen molar-refractivity contribution in [3.8, 4) is 0 Å². The number of pyridine rings is 1. The standard InChI is InChI=1S/C15H19BrN4O/c1-10-7-12(8-11(2)18-10)15(21)14-13(16)9-17-20(14)6-5-19(3)4/h7-9H,5-6H2,1-4H3. The zero-order valence-corrected chi connectivity index (χ0v) is 14.3. The fourth-order valence-corrected chi connectivity index (χ4v) is 2.63. The Kier molecular flexibility index (Phi) is 4.90. The SMILES string of the molecule is Cc1cc(C(=O)c2c(Br)cnn2CCN(C)C)cc(C)n1. The average Bonchev–Trinajstić information content (AvgIpc) is 2.75. The maximum Gasteiger partial charge on any atom is 0.212 e. The summed E-state index contributed by atoms with van der Waals surface area (Å²) in [6.45, 7) is 5.27. The van der Waals surface area contributed by atoms with Gasteiger partial charge in [0.1, 0.15) is 5.69 Å². The Morgan fingerprint density at radius 2 is 1.90 bits per heavy atom. The summed E-state index contributed by atoms with van der Waals surface area (Å²) in [5.74, 6) is -0.0354. The van der Waals surface area contributed by atoms with Crippen molar-refractivity contribution in [3.05, 3.63) is 45.4 Å². The first-order valence-electron chi connectivity index (χ1n) is 6.74. The highest BCUT2D eigenvalue weighted by Crippen LogP contribution is 2.20. The summed E-state index contributed by atoms with van der Waals surface area (Å²) in [5, 5.41) is 4.29. The van der Waals surface area contributed by atoms with Crippen LogP contribution in [0.3, 0.4) is 0 Å². The molecule has 0 bridgehead atoms. The van der Waals surface area contributed by atoms with E-state index in [1.54, 1.807) is 10.9 Å². The van der Waals surface area contributed by atoms with Crippen LogP contribution in [0, 0.1) is 13.8 Å². The molecule has 0 spiro atoms. The fourth-order valence-electron chi connectivity index (χ4n) is 2.15. The molecular formula is C15H19BrN4O. The van der Waals surface area contributed by atoms with E-state index >= 15 is 0 Å². The molecule has 0 saturated carbocycles. The largest absolute Gasteiger partial charge is 0.308 e. The zero-order valence-electron chi connectivity index (χ0n) is 12.7. The maximum atomic E-state index is 12.8. The quantitative estimate of drug-likeness (QED) is 0.777. The predicted octanol–water partition coefficient (Wildman–Crippen LogP) is 2.45. The van der Waals surface area contributed by atoms with Crippen LogP contribution in [0.25, 0.3) is 0 Å². The molecule has 2 heterocycles.